The highest BCUT2D eigenvalue weighted by Gasteiger charge is 2.32. The summed E-state index contributed by atoms with van der Waals surface area (Å²) < 4.78 is 0. The van der Waals surface area contributed by atoms with Gasteiger partial charge in [0.2, 0.25) is 0 Å². The van der Waals surface area contributed by atoms with Gasteiger partial charge in [-0.25, -0.2) is 0 Å². The first-order chi connectivity index (χ1) is 9.69. The van der Waals surface area contributed by atoms with E-state index in [1.807, 2.05) is 0 Å². The summed E-state index contributed by atoms with van der Waals surface area (Å²) in [5, 5.41) is 0. The predicted molar refractivity (Wildman–Crippen MR) is 79.9 cm³/mol. The largest absolute Gasteiger partial charge is 0.289 e. The number of hydrogen-bond acceptors (Lipinski definition) is 2. The summed E-state index contributed by atoms with van der Waals surface area (Å²) in [7, 11) is 0. The molecule has 0 unspecified atom stereocenters. The summed E-state index contributed by atoms with van der Waals surface area (Å²) in [5.41, 5.74) is 3.13. The SMILES string of the molecule is C=Cc1ccc(C=C)c2c1C(=O)c1ccccc1C2=O. The Morgan fingerprint density at radius 2 is 1.10 bits per heavy atom. The molecular formula is C18H12O2. The Bertz CT molecular complexity index is 716. The summed E-state index contributed by atoms with van der Waals surface area (Å²) >= 11 is 0. The first kappa shape index (κ1) is 12.3. The first-order valence-electron chi connectivity index (χ1n) is 6.29. The van der Waals surface area contributed by atoms with E-state index in [2.05, 4.69) is 13.2 Å². The number of benzene rings is 2. The van der Waals surface area contributed by atoms with Gasteiger partial charge in [0, 0.05) is 22.3 Å². The lowest BCUT2D eigenvalue weighted by atomic mass is 9.79. The van der Waals surface area contributed by atoms with E-state index in [-0.39, 0.29) is 11.6 Å². The van der Waals surface area contributed by atoms with Gasteiger partial charge in [0.15, 0.2) is 11.6 Å². The molecule has 0 N–H and O–H groups in total. The maximum Gasteiger partial charge on any atom is 0.195 e. The lowest BCUT2D eigenvalue weighted by Gasteiger charge is -2.20. The fourth-order valence-corrected chi connectivity index (χ4v) is 2.61. The van der Waals surface area contributed by atoms with Gasteiger partial charge >= 0.3 is 0 Å². The third-order valence-electron chi connectivity index (χ3n) is 3.58. The van der Waals surface area contributed by atoms with Crippen LogP contribution in [-0.4, -0.2) is 11.6 Å². The topological polar surface area (TPSA) is 34.1 Å². The summed E-state index contributed by atoms with van der Waals surface area (Å²) in [4.78, 5) is 25.3. The zero-order valence-corrected chi connectivity index (χ0v) is 10.8. The Kier molecular flexibility index (Phi) is 2.72. The van der Waals surface area contributed by atoms with Crippen molar-refractivity contribution < 1.29 is 9.59 Å². The second-order valence-corrected chi connectivity index (χ2v) is 4.61. The summed E-state index contributed by atoms with van der Waals surface area (Å²) in [6, 6.07) is 10.5. The highest BCUT2D eigenvalue weighted by Crippen LogP contribution is 2.32. The van der Waals surface area contributed by atoms with Gasteiger partial charge in [0.1, 0.15) is 0 Å². The van der Waals surface area contributed by atoms with Gasteiger partial charge < -0.3 is 0 Å². The molecule has 20 heavy (non-hydrogen) atoms. The standard InChI is InChI=1S/C18H12O2/c1-3-11-9-10-12(4-2)16-15(11)17(19)13-7-5-6-8-14(13)18(16)20/h3-10H,1-2H2. The Balaban J connectivity index is 2.43. The second-order valence-electron chi connectivity index (χ2n) is 4.61. The molecule has 1 aliphatic rings. The molecule has 0 bridgehead atoms. The zero-order valence-electron chi connectivity index (χ0n) is 10.8. The van der Waals surface area contributed by atoms with Crippen LogP contribution in [0.25, 0.3) is 12.2 Å². The molecule has 2 aromatic carbocycles. The minimum atomic E-state index is -0.131. The molecular weight excluding hydrogens is 248 g/mol. The van der Waals surface area contributed by atoms with Gasteiger partial charge in [0.25, 0.3) is 0 Å². The van der Waals surface area contributed by atoms with Crippen molar-refractivity contribution in [3.8, 4) is 0 Å². The molecule has 0 amide bonds. The van der Waals surface area contributed by atoms with Crippen LogP contribution in [0, 0.1) is 0 Å². The molecule has 2 aromatic rings. The van der Waals surface area contributed by atoms with Crippen LogP contribution in [0.1, 0.15) is 43.0 Å². The van der Waals surface area contributed by atoms with Crippen LogP contribution in [0.2, 0.25) is 0 Å². The number of rotatable bonds is 2. The highest BCUT2D eigenvalue weighted by atomic mass is 16.1. The second kappa shape index (κ2) is 4.42. The number of fused-ring (bicyclic) bond motifs is 2. The fourth-order valence-electron chi connectivity index (χ4n) is 2.61. The fraction of sp³-hybridized carbons (Fsp3) is 0. The van der Waals surface area contributed by atoms with Crippen molar-refractivity contribution in [2.24, 2.45) is 0 Å². The Hall–Kier alpha value is -2.74. The molecule has 0 fully saturated rings. The molecule has 0 spiro atoms. The predicted octanol–water partition coefficient (Wildman–Crippen LogP) is 3.75. The molecule has 2 nitrogen and oxygen atoms in total. The maximum absolute atomic E-state index is 12.7. The summed E-state index contributed by atoms with van der Waals surface area (Å²) in [5.74, 6) is -0.261. The van der Waals surface area contributed by atoms with Gasteiger partial charge in [-0.3, -0.25) is 9.59 Å². The quantitative estimate of drug-likeness (QED) is 0.703. The monoisotopic (exact) mass is 260 g/mol. The normalized spacial score (nSPS) is 12.6. The van der Waals surface area contributed by atoms with Crippen LogP contribution in [0.3, 0.4) is 0 Å². The first-order valence-corrected chi connectivity index (χ1v) is 6.29. The van der Waals surface area contributed by atoms with Crippen molar-refractivity contribution in [1.29, 1.82) is 0 Å². The number of carbonyl (C=O) groups is 2. The molecule has 3 rings (SSSR count). The Labute approximate surface area is 117 Å². The van der Waals surface area contributed by atoms with Crippen molar-refractivity contribution >= 4 is 23.7 Å². The third-order valence-corrected chi connectivity index (χ3v) is 3.58. The lowest BCUT2D eigenvalue weighted by Crippen LogP contribution is -2.23. The van der Waals surface area contributed by atoms with Crippen LogP contribution in [0.4, 0.5) is 0 Å². The zero-order chi connectivity index (χ0) is 14.3. The molecule has 0 aliphatic heterocycles. The third kappa shape index (κ3) is 1.51. The molecule has 0 aromatic heterocycles. The van der Waals surface area contributed by atoms with E-state index >= 15 is 0 Å². The van der Waals surface area contributed by atoms with Crippen LogP contribution >= 0.6 is 0 Å². The van der Waals surface area contributed by atoms with E-state index in [4.69, 9.17) is 0 Å². The van der Waals surface area contributed by atoms with Gasteiger partial charge in [-0.15, -0.1) is 0 Å². The van der Waals surface area contributed by atoms with Gasteiger partial charge in [0.05, 0.1) is 0 Å². The Morgan fingerprint density at radius 3 is 1.45 bits per heavy atom. The maximum atomic E-state index is 12.7. The minimum absolute atomic E-state index is 0.131. The van der Waals surface area contributed by atoms with E-state index in [0.29, 0.717) is 33.4 Å². The van der Waals surface area contributed by atoms with Crippen LogP contribution in [-0.2, 0) is 0 Å². The van der Waals surface area contributed by atoms with E-state index in [1.165, 1.54) is 0 Å². The molecule has 0 saturated carbocycles. The van der Waals surface area contributed by atoms with Crippen LogP contribution in [0.5, 0.6) is 0 Å². The molecule has 96 valence electrons. The van der Waals surface area contributed by atoms with E-state index < -0.39 is 0 Å². The summed E-state index contributed by atoms with van der Waals surface area (Å²) in [6.07, 6.45) is 3.20. The highest BCUT2D eigenvalue weighted by molar-refractivity contribution is 6.30. The van der Waals surface area contributed by atoms with Gasteiger partial charge in [-0.05, 0) is 11.1 Å². The molecule has 0 radical (unpaired) electrons. The smallest absolute Gasteiger partial charge is 0.195 e. The van der Waals surface area contributed by atoms with Gasteiger partial charge in [-0.1, -0.05) is 61.7 Å². The molecule has 2 heteroatoms. The van der Waals surface area contributed by atoms with Crippen molar-refractivity contribution in [3.63, 3.8) is 0 Å². The Morgan fingerprint density at radius 1 is 0.700 bits per heavy atom. The van der Waals surface area contributed by atoms with Crippen LogP contribution < -0.4 is 0 Å². The number of ketones is 2. The molecule has 0 saturated heterocycles. The lowest BCUT2D eigenvalue weighted by molar-refractivity contribution is 0.0979. The van der Waals surface area contributed by atoms with E-state index in [9.17, 15) is 9.59 Å². The van der Waals surface area contributed by atoms with E-state index in [1.54, 1.807) is 48.6 Å². The van der Waals surface area contributed by atoms with Gasteiger partial charge in [-0.2, -0.15) is 0 Å². The van der Waals surface area contributed by atoms with Crippen molar-refractivity contribution in [2.75, 3.05) is 0 Å². The van der Waals surface area contributed by atoms with Crippen molar-refractivity contribution in [3.05, 3.63) is 82.9 Å². The van der Waals surface area contributed by atoms with Crippen molar-refractivity contribution in [1.82, 2.24) is 0 Å². The average molecular weight is 260 g/mol. The number of carbonyl (C=O) groups excluding carboxylic acids is 2. The van der Waals surface area contributed by atoms with Crippen LogP contribution in [0.15, 0.2) is 49.6 Å². The molecule has 0 atom stereocenters. The van der Waals surface area contributed by atoms with Crippen molar-refractivity contribution in [2.45, 2.75) is 0 Å². The average Bonchev–Trinajstić information content (AvgIpc) is 2.51. The minimum Gasteiger partial charge on any atom is -0.289 e. The van der Waals surface area contributed by atoms with E-state index in [0.717, 1.165) is 0 Å². The molecule has 0 heterocycles. The molecule has 1 aliphatic carbocycles. The number of hydrogen-bond donors (Lipinski definition) is 0. The summed E-state index contributed by atoms with van der Waals surface area (Å²) in [6.45, 7) is 7.44.